The summed E-state index contributed by atoms with van der Waals surface area (Å²) in [5.41, 5.74) is 7.32. The summed E-state index contributed by atoms with van der Waals surface area (Å²) in [5.74, 6) is 8.98. The molecule has 0 amide bonds. The summed E-state index contributed by atoms with van der Waals surface area (Å²) < 4.78 is 1.68. The predicted molar refractivity (Wildman–Crippen MR) is 78.4 cm³/mol. The van der Waals surface area contributed by atoms with Crippen LogP contribution in [0.2, 0.25) is 0 Å². The molecule has 1 aromatic heterocycles. The first kappa shape index (κ1) is 12.8. The van der Waals surface area contributed by atoms with Gasteiger partial charge in [-0.15, -0.1) is 0 Å². The number of imidazole rings is 1. The molecule has 1 aromatic rings. The molecule has 0 aliphatic heterocycles. The van der Waals surface area contributed by atoms with Gasteiger partial charge in [0.25, 0.3) is 0 Å². The molecule has 2 fully saturated rings. The molecule has 1 heterocycles. The molecule has 0 unspecified atom stereocenters. The highest BCUT2D eigenvalue weighted by Gasteiger charge is 2.27. The summed E-state index contributed by atoms with van der Waals surface area (Å²) in [4.78, 5) is 4.87. The average Bonchev–Trinajstić information content (AvgIpc) is 2.93. The molecule has 106 valence electrons. The average molecular weight is 262 g/mol. The van der Waals surface area contributed by atoms with E-state index in [2.05, 4.69) is 0 Å². The fraction of sp³-hybridized carbons (Fsp3) is 0.800. The van der Waals surface area contributed by atoms with Crippen LogP contribution < -0.4 is 11.6 Å². The van der Waals surface area contributed by atoms with Crippen molar-refractivity contribution >= 4 is 5.82 Å². The van der Waals surface area contributed by atoms with Gasteiger partial charge < -0.3 is 11.6 Å². The Morgan fingerprint density at radius 3 is 2.00 bits per heavy atom. The van der Waals surface area contributed by atoms with E-state index in [1.165, 1.54) is 64.2 Å². The second-order valence-corrected chi connectivity index (χ2v) is 6.28. The number of aromatic nitrogens is 2. The Balaban J connectivity index is 1.86. The lowest BCUT2D eigenvalue weighted by molar-refractivity contribution is 0.577. The van der Waals surface area contributed by atoms with E-state index in [9.17, 15) is 0 Å². The van der Waals surface area contributed by atoms with Crippen LogP contribution in [0.1, 0.15) is 87.6 Å². The van der Waals surface area contributed by atoms with E-state index in [1.54, 1.807) is 4.68 Å². The lowest BCUT2D eigenvalue weighted by atomic mass is 9.96. The maximum absolute atomic E-state index is 6.23. The Morgan fingerprint density at radius 2 is 1.37 bits per heavy atom. The summed E-state index contributed by atoms with van der Waals surface area (Å²) in [6.07, 6.45) is 12.8. The van der Waals surface area contributed by atoms with Gasteiger partial charge in [0.15, 0.2) is 0 Å². The topological polar surface area (TPSA) is 69.9 Å². The van der Waals surface area contributed by atoms with Gasteiger partial charge in [-0.3, -0.25) is 0 Å². The highest BCUT2D eigenvalue weighted by Crippen LogP contribution is 2.38. The maximum atomic E-state index is 6.23. The van der Waals surface area contributed by atoms with Gasteiger partial charge in [0.05, 0.1) is 5.69 Å². The minimum Gasteiger partial charge on any atom is -0.382 e. The minimum atomic E-state index is 0.534. The molecule has 2 aliphatic carbocycles. The number of rotatable bonds is 2. The molecule has 0 spiro atoms. The summed E-state index contributed by atoms with van der Waals surface area (Å²) in [7, 11) is 0. The third kappa shape index (κ3) is 2.45. The Hall–Kier alpha value is -1.19. The molecule has 4 heteroatoms. The molecule has 4 nitrogen and oxygen atoms in total. The monoisotopic (exact) mass is 262 g/mol. The van der Waals surface area contributed by atoms with Gasteiger partial charge in [-0.2, -0.15) is 0 Å². The molecule has 0 saturated heterocycles. The predicted octanol–water partition coefficient (Wildman–Crippen LogP) is 3.27. The van der Waals surface area contributed by atoms with Crippen LogP contribution in [0.5, 0.6) is 0 Å². The van der Waals surface area contributed by atoms with Crippen molar-refractivity contribution in [1.82, 2.24) is 9.66 Å². The van der Waals surface area contributed by atoms with Gasteiger partial charge >= 0.3 is 0 Å². The van der Waals surface area contributed by atoms with Crippen molar-refractivity contribution in [2.45, 2.75) is 76.0 Å². The van der Waals surface area contributed by atoms with Gasteiger partial charge in [0, 0.05) is 11.8 Å². The van der Waals surface area contributed by atoms with Crippen LogP contribution in [-0.4, -0.2) is 9.66 Å². The third-order valence-electron chi connectivity index (χ3n) is 4.97. The summed E-state index contributed by atoms with van der Waals surface area (Å²) in [6, 6.07) is 0. The zero-order chi connectivity index (χ0) is 13.2. The van der Waals surface area contributed by atoms with E-state index in [0.717, 1.165) is 11.5 Å². The first-order chi connectivity index (χ1) is 9.27. The van der Waals surface area contributed by atoms with Crippen molar-refractivity contribution in [2.24, 2.45) is 0 Å². The van der Waals surface area contributed by atoms with Crippen LogP contribution in [0.3, 0.4) is 0 Å². The smallest absolute Gasteiger partial charge is 0.146 e. The number of nitrogen functional groups attached to an aromatic ring is 2. The molecule has 4 N–H and O–H groups in total. The standard InChI is InChI=1S/C15H26N4/c16-14-13(11-7-3-1-2-4-8-11)18-15(19(14)17)12-9-5-6-10-12/h11-12H,1-10,16-17H2. The van der Waals surface area contributed by atoms with Crippen molar-refractivity contribution < 1.29 is 0 Å². The molecule has 19 heavy (non-hydrogen) atoms. The normalized spacial score (nSPS) is 22.7. The Kier molecular flexibility index (Phi) is 3.67. The zero-order valence-electron chi connectivity index (χ0n) is 11.8. The Morgan fingerprint density at radius 1 is 0.842 bits per heavy atom. The van der Waals surface area contributed by atoms with Crippen molar-refractivity contribution in [3.05, 3.63) is 11.5 Å². The van der Waals surface area contributed by atoms with Crippen LogP contribution in [0, 0.1) is 0 Å². The highest BCUT2D eigenvalue weighted by molar-refractivity contribution is 5.41. The molecule has 0 radical (unpaired) electrons. The fourth-order valence-electron chi connectivity index (χ4n) is 3.81. The molecular formula is C15H26N4. The van der Waals surface area contributed by atoms with E-state index in [1.807, 2.05) is 0 Å². The first-order valence-electron chi connectivity index (χ1n) is 7.90. The Labute approximate surface area is 115 Å². The summed E-state index contributed by atoms with van der Waals surface area (Å²) >= 11 is 0. The first-order valence-corrected chi connectivity index (χ1v) is 7.90. The van der Waals surface area contributed by atoms with Crippen LogP contribution >= 0.6 is 0 Å². The molecular weight excluding hydrogens is 236 g/mol. The number of nitrogens with two attached hydrogens (primary N) is 2. The largest absolute Gasteiger partial charge is 0.382 e. The van der Waals surface area contributed by atoms with Crippen LogP contribution in [-0.2, 0) is 0 Å². The number of hydrogen-bond donors (Lipinski definition) is 2. The van der Waals surface area contributed by atoms with Gasteiger partial charge in [-0.1, -0.05) is 38.5 Å². The molecule has 2 aliphatic rings. The molecule has 0 atom stereocenters. The van der Waals surface area contributed by atoms with Crippen molar-refractivity contribution in [1.29, 1.82) is 0 Å². The molecule has 0 bridgehead atoms. The van der Waals surface area contributed by atoms with Crippen LogP contribution in [0.4, 0.5) is 5.82 Å². The summed E-state index contributed by atoms with van der Waals surface area (Å²) in [5, 5.41) is 0. The lowest BCUT2D eigenvalue weighted by Crippen LogP contribution is -2.17. The second-order valence-electron chi connectivity index (χ2n) is 6.28. The van der Waals surface area contributed by atoms with Gasteiger partial charge in [-0.25, -0.2) is 9.66 Å². The number of anilines is 1. The molecule has 3 rings (SSSR count). The van der Waals surface area contributed by atoms with Crippen molar-refractivity contribution in [2.75, 3.05) is 11.6 Å². The SMILES string of the molecule is Nc1c(C2CCCCCC2)nc(C2CCCC2)n1N. The van der Waals surface area contributed by atoms with Crippen molar-refractivity contribution in [3.8, 4) is 0 Å². The molecule has 2 saturated carbocycles. The Bertz CT molecular complexity index is 424. The summed E-state index contributed by atoms with van der Waals surface area (Å²) in [6.45, 7) is 0. The van der Waals surface area contributed by atoms with E-state index >= 15 is 0 Å². The number of nitrogens with zero attached hydrogens (tertiary/aromatic N) is 2. The van der Waals surface area contributed by atoms with E-state index < -0.39 is 0 Å². The van der Waals surface area contributed by atoms with Gasteiger partial charge in [0.2, 0.25) is 0 Å². The van der Waals surface area contributed by atoms with E-state index in [4.69, 9.17) is 16.6 Å². The third-order valence-corrected chi connectivity index (χ3v) is 4.97. The lowest BCUT2D eigenvalue weighted by Gasteiger charge is -2.11. The van der Waals surface area contributed by atoms with Crippen molar-refractivity contribution in [3.63, 3.8) is 0 Å². The van der Waals surface area contributed by atoms with E-state index in [-0.39, 0.29) is 0 Å². The minimum absolute atomic E-state index is 0.534. The van der Waals surface area contributed by atoms with Crippen LogP contribution in [0.25, 0.3) is 0 Å². The van der Waals surface area contributed by atoms with E-state index in [0.29, 0.717) is 17.7 Å². The maximum Gasteiger partial charge on any atom is 0.146 e. The highest BCUT2D eigenvalue weighted by atomic mass is 15.4. The van der Waals surface area contributed by atoms with Crippen LogP contribution in [0.15, 0.2) is 0 Å². The fourth-order valence-corrected chi connectivity index (χ4v) is 3.81. The molecule has 0 aromatic carbocycles. The van der Waals surface area contributed by atoms with Gasteiger partial charge in [0.1, 0.15) is 11.6 Å². The zero-order valence-corrected chi connectivity index (χ0v) is 11.8. The quantitative estimate of drug-likeness (QED) is 0.634. The second kappa shape index (κ2) is 5.43. The number of hydrogen-bond acceptors (Lipinski definition) is 3. The van der Waals surface area contributed by atoms with Gasteiger partial charge in [-0.05, 0) is 25.7 Å².